The predicted octanol–water partition coefficient (Wildman–Crippen LogP) is 3.95. The summed E-state index contributed by atoms with van der Waals surface area (Å²) in [5.41, 5.74) is 3.59. The van der Waals surface area contributed by atoms with Crippen LogP contribution in [0, 0.1) is 0 Å². The van der Waals surface area contributed by atoms with E-state index in [0.29, 0.717) is 5.56 Å². The van der Waals surface area contributed by atoms with Gasteiger partial charge in [0.15, 0.2) is 0 Å². The number of carbonyl (C=O) groups is 1. The average Bonchev–Trinajstić information content (AvgIpc) is 2.40. The van der Waals surface area contributed by atoms with Crippen molar-refractivity contribution in [2.45, 2.75) is 6.92 Å². The molecule has 18 heavy (non-hydrogen) atoms. The minimum absolute atomic E-state index is 0.311. The summed E-state index contributed by atoms with van der Waals surface area (Å²) < 4.78 is 0. The molecule has 0 aliphatic carbocycles. The molecule has 0 fully saturated rings. The van der Waals surface area contributed by atoms with Gasteiger partial charge in [0.1, 0.15) is 0 Å². The molecule has 0 aliphatic rings. The molecule has 0 heterocycles. The molecule has 2 heteroatoms. The first-order valence-electron chi connectivity index (χ1n) is 5.74. The van der Waals surface area contributed by atoms with Crippen LogP contribution in [-0.4, -0.2) is 11.1 Å². The monoisotopic (exact) mass is 238 g/mol. The normalized spacial score (nSPS) is 11.3. The van der Waals surface area contributed by atoms with Crippen molar-refractivity contribution >= 4 is 17.6 Å². The van der Waals surface area contributed by atoms with E-state index < -0.39 is 5.97 Å². The number of carboxylic acids is 1. The van der Waals surface area contributed by atoms with Crippen LogP contribution in [0.25, 0.3) is 11.6 Å². The van der Waals surface area contributed by atoms with Crippen molar-refractivity contribution in [2.24, 2.45) is 0 Å². The molecule has 0 aromatic heterocycles. The lowest BCUT2D eigenvalue weighted by Crippen LogP contribution is -1.95. The van der Waals surface area contributed by atoms with Crippen LogP contribution in [0.3, 0.4) is 0 Å². The smallest absolute Gasteiger partial charge is 0.335 e. The van der Waals surface area contributed by atoms with E-state index in [1.54, 1.807) is 12.1 Å². The highest BCUT2D eigenvalue weighted by atomic mass is 16.4. The number of hydrogen-bond acceptors (Lipinski definition) is 1. The second-order valence-corrected chi connectivity index (χ2v) is 4.12. The molecule has 90 valence electrons. The Morgan fingerprint density at radius 2 is 1.50 bits per heavy atom. The van der Waals surface area contributed by atoms with Gasteiger partial charge in [-0.15, -0.1) is 0 Å². The lowest BCUT2D eigenvalue weighted by atomic mass is 10.0. The van der Waals surface area contributed by atoms with Crippen molar-refractivity contribution in [3.63, 3.8) is 0 Å². The summed E-state index contributed by atoms with van der Waals surface area (Å²) in [6, 6.07) is 17.0. The molecule has 1 N–H and O–H groups in total. The van der Waals surface area contributed by atoms with Crippen molar-refractivity contribution in [2.75, 3.05) is 0 Å². The third kappa shape index (κ3) is 2.86. The van der Waals surface area contributed by atoms with E-state index in [2.05, 4.69) is 6.08 Å². The zero-order chi connectivity index (χ0) is 13.0. The molecule has 2 rings (SSSR count). The zero-order valence-electron chi connectivity index (χ0n) is 10.1. The summed E-state index contributed by atoms with van der Waals surface area (Å²) >= 11 is 0. The van der Waals surface area contributed by atoms with Crippen LogP contribution in [-0.2, 0) is 0 Å². The first-order chi connectivity index (χ1) is 8.66. The molecule has 0 bridgehead atoms. The Bertz CT molecular complexity index is 566. The molecule has 0 aliphatic heterocycles. The van der Waals surface area contributed by atoms with E-state index in [9.17, 15) is 4.79 Å². The number of hydrogen-bond donors (Lipinski definition) is 1. The van der Waals surface area contributed by atoms with Gasteiger partial charge < -0.3 is 5.11 Å². The van der Waals surface area contributed by atoms with E-state index >= 15 is 0 Å². The Morgan fingerprint density at radius 1 is 0.944 bits per heavy atom. The molecule has 0 atom stereocenters. The van der Waals surface area contributed by atoms with Gasteiger partial charge in [-0.3, -0.25) is 0 Å². The van der Waals surface area contributed by atoms with Crippen LogP contribution < -0.4 is 0 Å². The highest BCUT2D eigenvalue weighted by Gasteiger charge is 2.02. The van der Waals surface area contributed by atoms with Gasteiger partial charge in [-0.05, 0) is 35.8 Å². The van der Waals surface area contributed by atoms with Gasteiger partial charge in [-0.25, -0.2) is 4.79 Å². The van der Waals surface area contributed by atoms with E-state index in [4.69, 9.17) is 5.11 Å². The summed E-state index contributed by atoms with van der Waals surface area (Å²) in [6.07, 6.45) is 2.08. The molecular weight excluding hydrogens is 224 g/mol. The summed E-state index contributed by atoms with van der Waals surface area (Å²) in [7, 11) is 0. The van der Waals surface area contributed by atoms with Crippen LogP contribution in [0.4, 0.5) is 0 Å². The summed E-state index contributed by atoms with van der Waals surface area (Å²) in [5, 5.41) is 8.83. The predicted molar refractivity (Wildman–Crippen MR) is 73.4 cm³/mol. The van der Waals surface area contributed by atoms with Crippen LogP contribution >= 0.6 is 0 Å². The molecule has 2 aromatic rings. The van der Waals surface area contributed by atoms with E-state index in [1.165, 1.54) is 0 Å². The number of rotatable bonds is 3. The summed E-state index contributed by atoms with van der Waals surface area (Å²) in [6.45, 7) is 2.02. The van der Waals surface area contributed by atoms with Gasteiger partial charge in [0, 0.05) is 0 Å². The van der Waals surface area contributed by atoms with Gasteiger partial charge >= 0.3 is 5.97 Å². The molecule has 2 aromatic carbocycles. The van der Waals surface area contributed by atoms with Gasteiger partial charge in [0.2, 0.25) is 0 Å². The first kappa shape index (κ1) is 12.1. The maximum Gasteiger partial charge on any atom is 0.335 e. The second-order valence-electron chi connectivity index (χ2n) is 4.12. The van der Waals surface area contributed by atoms with E-state index in [0.717, 1.165) is 16.7 Å². The summed E-state index contributed by atoms with van der Waals surface area (Å²) in [5.74, 6) is -0.897. The summed E-state index contributed by atoms with van der Waals surface area (Å²) in [4.78, 5) is 10.8. The van der Waals surface area contributed by atoms with Crippen LogP contribution in [0.15, 0.2) is 54.6 Å². The molecule has 0 amide bonds. The van der Waals surface area contributed by atoms with Gasteiger partial charge in [0.25, 0.3) is 0 Å². The minimum atomic E-state index is -0.897. The van der Waals surface area contributed by atoms with Crippen LogP contribution in [0.2, 0.25) is 0 Å². The third-order valence-electron chi connectivity index (χ3n) is 2.77. The second kappa shape index (κ2) is 5.32. The fraction of sp³-hybridized carbons (Fsp3) is 0.0625. The van der Waals surface area contributed by atoms with Crippen LogP contribution in [0.1, 0.15) is 28.4 Å². The SMILES string of the molecule is C/C(=C\c1ccccc1)c1ccc(C(=O)O)cc1. The number of aromatic carboxylic acids is 1. The van der Waals surface area contributed by atoms with E-state index in [1.807, 2.05) is 49.4 Å². The quantitative estimate of drug-likeness (QED) is 0.822. The standard InChI is InChI=1S/C16H14O2/c1-12(11-13-5-3-2-4-6-13)14-7-9-15(10-8-14)16(17)18/h2-11H,1H3,(H,17,18)/b12-11+. The third-order valence-corrected chi connectivity index (χ3v) is 2.77. The molecule has 0 unspecified atom stereocenters. The Labute approximate surface area is 106 Å². The highest BCUT2D eigenvalue weighted by molar-refractivity contribution is 5.88. The van der Waals surface area contributed by atoms with E-state index in [-0.39, 0.29) is 0 Å². The number of allylic oxidation sites excluding steroid dienone is 1. The van der Waals surface area contributed by atoms with Gasteiger partial charge in [-0.2, -0.15) is 0 Å². The minimum Gasteiger partial charge on any atom is -0.478 e. The van der Waals surface area contributed by atoms with Gasteiger partial charge in [-0.1, -0.05) is 48.5 Å². The van der Waals surface area contributed by atoms with Crippen LogP contribution in [0.5, 0.6) is 0 Å². The van der Waals surface area contributed by atoms with Crippen molar-refractivity contribution < 1.29 is 9.90 Å². The Morgan fingerprint density at radius 3 is 2.06 bits per heavy atom. The fourth-order valence-electron chi connectivity index (χ4n) is 1.76. The molecule has 0 saturated heterocycles. The van der Waals surface area contributed by atoms with Crippen molar-refractivity contribution in [1.29, 1.82) is 0 Å². The number of carboxylic acid groups (broad SMARTS) is 1. The molecule has 0 saturated carbocycles. The van der Waals surface area contributed by atoms with Crippen molar-refractivity contribution in [1.82, 2.24) is 0 Å². The highest BCUT2D eigenvalue weighted by Crippen LogP contribution is 2.18. The lowest BCUT2D eigenvalue weighted by molar-refractivity contribution is 0.0697. The first-order valence-corrected chi connectivity index (χ1v) is 5.74. The maximum atomic E-state index is 10.8. The Kier molecular flexibility index (Phi) is 3.58. The maximum absolute atomic E-state index is 10.8. The Hall–Kier alpha value is -2.35. The molecule has 0 spiro atoms. The largest absolute Gasteiger partial charge is 0.478 e. The Balaban J connectivity index is 2.26. The molecule has 2 nitrogen and oxygen atoms in total. The zero-order valence-corrected chi connectivity index (χ0v) is 10.1. The van der Waals surface area contributed by atoms with Crippen molar-refractivity contribution in [3.8, 4) is 0 Å². The molecule has 0 radical (unpaired) electrons. The number of benzene rings is 2. The average molecular weight is 238 g/mol. The molecular formula is C16H14O2. The fourth-order valence-corrected chi connectivity index (χ4v) is 1.76. The van der Waals surface area contributed by atoms with Gasteiger partial charge in [0.05, 0.1) is 5.56 Å². The van der Waals surface area contributed by atoms with Crippen molar-refractivity contribution in [3.05, 3.63) is 71.3 Å². The topological polar surface area (TPSA) is 37.3 Å². The lowest BCUT2D eigenvalue weighted by Gasteiger charge is -2.03.